The molecule has 1 aliphatic heterocycles. The smallest absolute Gasteiger partial charge is 0.227 e. The fourth-order valence-electron chi connectivity index (χ4n) is 3.08. The highest BCUT2D eigenvalue weighted by Crippen LogP contribution is 2.31. The highest BCUT2D eigenvalue weighted by atomic mass is 32.2. The SMILES string of the molecule is COc1ccccc1CC(=O)N1CCSCC1c1ccc(C)cc1. The molecule has 126 valence electrons. The Morgan fingerprint density at radius 1 is 1.21 bits per heavy atom. The maximum Gasteiger partial charge on any atom is 0.227 e. The van der Waals surface area contributed by atoms with Gasteiger partial charge in [-0.25, -0.2) is 0 Å². The summed E-state index contributed by atoms with van der Waals surface area (Å²) in [6.45, 7) is 2.89. The molecule has 1 saturated heterocycles. The third-order valence-corrected chi connectivity index (χ3v) is 5.47. The zero-order chi connectivity index (χ0) is 16.9. The third kappa shape index (κ3) is 3.75. The van der Waals surface area contributed by atoms with E-state index in [2.05, 4.69) is 31.2 Å². The minimum absolute atomic E-state index is 0.159. The van der Waals surface area contributed by atoms with Gasteiger partial charge in [0, 0.05) is 23.6 Å². The molecule has 3 rings (SSSR count). The summed E-state index contributed by atoms with van der Waals surface area (Å²) in [4.78, 5) is 15.0. The first-order valence-corrected chi connectivity index (χ1v) is 9.40. The van der Waals surface area contributed by atoms with Crippen molar-refractivity contribution in [2.45, 2.75) is 19.4 Å². The number of nitrogens with zero attached hydrogens (tertiary/aromatic N) is 1. The van der Waals surface area contributed by atoms with E-state index in [1.165, 1.54) is 11.1 Å². The van der Waals surface area contributed by atoms with E-state index in [1.807, 2.05) is 40.9 Å². The molecule has 24 heavy (non-hydrogen) atoms. The number of methoxy groups -OCH3 is 1. The van der Waals surface area contributed by atoms with Gasteiger partial charge in [0.15, 0.2) is 0 Å². The molecule has 0 spiro atoms. The van der Waals surface area contributed by atoms with Crippen LogP contribution in [0.5, 0.6) is 5.75 Å². The molecular weight excluding hydrogens is 318 g/mol. The second-order valence-electron chi connectivity index (χ2n) is 6.08. The van der Waals surface area contributed by atoms with Crippen LogP contribution in [0.2, 0.25) is 0 Å². The van der Waals surface area contributed by atoms with Gasteiger partial charge in [0.25, 0.3) is 0 Å². The van der Waals surface area contributed by atoms with Crippen LogP contribution in [0, 0.1) is 6.92 Å². The molecule has 1 unspecified atom stereocenters. The number of carbonyl (C=O) groups is 1. The number of aryl methyl sites for hydroxylation is 1. The highest BCUT2D eigenvalue weighted by Gasteiger charge is 2.28. The molecule has 1 aliphatic rings. The van der Waals surface area contributed by atoms with Crippen LogP contribution in [0.3, 0.4) is 0 Å². The summed E-state index contributed by atoms with van der Waals surface area (Å²) in [5, 5.41) is 0. The Labute approximate surface area is 148 Å². The first-order valence-electron chi connectivity index (χ1n) is 8.24. The molecule has 0 saturated carbocycles. The fraction of sp³-hybridized carbons (Fsp3) is 0.350. The van der Waals surface area contributed by atoms with E-state index in [1.54, 1.807) is 7.11 Å². The molecule has 0 N–H and O–H groups in total. The lowest BCUT2D eigenvalue weighted by atomic mass is 10.0. The first kappa shape index (κ1) is 16.9. The predicted molar refractivity (Wildman–Crippen MR) is 99.7 cm³/mol. The molecule has 0 radical (unpaired) electrons. The summed E-state index contributed by atoms with van der Waals surface area (Å²) >= 11 is 1.92. The Morgan fingerprint density at radius 3 is 2.71 bits per heavy atom. The van der Waals surface area contributed by atoms with Crippen molar-refractivity contribution in [2.75, 3.05) is 25.2 Å². The van der Waals surface area contributed by atoms with Crippen LogP contribution < -0.4 is 4.74 Å². The number of para-hydroxylation sites is 1. The lowest BCUT2D eigenvalue weighted by Gasteiger charge is -2.36. The number of amides is 1. The first-order chi connectivity index (χ1) is 11.7. The molecule has 2 aromatic rings. The van der Waals surface area contributed by atoms with Gasteiger partial charge < -0.3 is 9.64 Å². The summed E-state index contributed by atoms with van der Waals surface area (Å²) in [6, 6.07) is 16.5. The number of hydrogen-bond donors (Lipinski definition) is 0. The van der Waals surface area contributed by atoms with Crippen LogP contribution in [-0.4, -0.2) is 36.0 Å². The highest BCUT2D eigenvalue weighted by molar-refractivity contribution is 7.99. The molecule has 0 aliphatic carbocycles. The number of thioether (sulfide) groups is 1. The molecule has 1 amide bonds. The summed E-state index contributed by atoms with van der Waals surface area (Å²) in [5.41, 5.74) is 3.42. The topological polar surface area (TPSA) is 29.5 Å². The number of rotatable bonds is 4. The Morgan fingerprint density at radius 2 is 1.96 bits per heavy atom. The van der Waals surface area contributed by atoms with E-state index >= 15 is 0 Å². The molecule has 1 fully saturated rings. The number of hydrogen-bond acceptors (Lipinski definition) is 3. The molecule has 2 aromatic carbocycles. The van der Waals surface area contributed by atoms with Crippen molar-refractivity contribution in [1.82, 2.24) is 4.90 Å². The molecule has 0 aromatic heterocycles. The minimum atomic E-state index is 0.159. The largest absolute Gasteiger partial charge is 0.496 e. The van der Waals surface area contributed by atoms with Crippen LogP contribution in [0.15, 0.2) is 48.5 Å². The van der Waals surface area contributed by atoms with Gasteiger partial charge >= 0.3 is 0 Å². The normalized spacial score (nSPS) is 17.6. The summed E-state index contributed by atoms with van der Waals surface area (Å²) < 4.78 is 5.38. The zero-order valence-corrected chi connectivity index (χ0v) is 15.0. The Hall–Kier alpha value is -1.94. The van der Waals surface area contributed by atoms with Crippen molar-refractivity contribution in [2.24, 2.45) is 0 Å². The van der Waals surface area contributed by atoms with Gasteiger partial charge in [-0.2, -0.15) is 11.8 Å². The standard InChI is InChI=1S/C20H23NO2S/c1-15-7-9-16(10-8-15)18-14-24-12-11-21(18)20(22)13-17-5-3-4-6-19(17)23-2/h3-10,18H,11-14H2,1-2H3. The Kier molecular flexibility index (Phi) is 5.46. The Bertz CT molecular complexity index is 699. The number of carbonyl (C=O) groups excluding carboxylic acids is 1. The number of benzene rings is 2. The van der Waals surface area contributed by atoms with E-state index in [9.17, 15) is 4.79 Å². The van der Waals surface area contributed by atoms with E-state index in [-0.39, 0.29) is 11.9 Å². The lowest BCUT2D eigenvalue weighted by molar-refractivity contribution is -0.132. The second kappa shape index (κ2) is 7.75. The molecular formula is C20H23NO2S. The molecule has 0 bridgehead atoms. The van der Waals surface area contributed by atoms with Gasteiger partial charge in [-0.1, -0.05) is 48.0 Å². The number of ether oxygens (including phenoxy) is 1. The maximum atomic E-state index is 12.9. The Balaban J connectivity index is 1.79. The van der Waals surface area contributed by atoms with E-state index in [0.29, 0.717) is 6.42 Å². The van der Waals surface area contributed by atoms with E-state index < -0.39 is 0 Å². The zero-order valence-electron chi connectivity index (χ0n) is 14.2. The van der Waals surface area contributed by atoms with Crippen molar-refractivity contribution in [3.63, 3.8) is 0 Å². The van der Waals surface area contributed by atoms with E-state index in [0.717, 1.165) is 29.4 Å². The van der Waals surface area contributed by atoms with Crippen molar-refractivity contribution in [1.29, 1.82) is 0 Å². The van der Waals surface area contributed by atoms with Gasteiger partial charge in [0.2, 0.25) is 5.91 Å². The summed E-state index contributed by atoms with van der Waals surface area (Å²) in [5.74, 6) is 2.91. The average Bonchev–Trinajstić information content (AvgIpc) is 2.63. The molecule has 1 atom stereocenters. The quantitative estimate of drug-likeness (QED) is 0.846. The van der Waals surface area contributed by atoms with Gasteiger partial charge in [0.1, 0.15) is 5.75 Å². The van der Waals surface area contributed by atoms with Gasteiger partial charge in [-0.3, -0.25) is 4.79 Å². The van der Waals surface area contributed by atoms with Crippen molar-refractivity contribution in [3.8, 4) is 5.75 Å². The van der Waals surface area contributed by atoms with Crippen LogP contribution in [0.25, 0.3) is 0 Å². The molecule has 3 nitrogen and oxygen atoms in total. The monoisotopic (exact) mass is 341 g/mol. The molecule has 4 heteroatoms. The summed E-state index contributed by atoms with van der Waals surface area (Å²) in [6.07, 6.45) is 0.386. The van der Waals surface area contributed by atoms with Crippen molar-refractivity contribution in [3.05, 3.63) is 65.2 Å². The predicted octanol–water partition coefficient (Wildman–Crippen LogP) is 3.86. The van der Waals surface area contributed by atoms with Gasteiger partial charge in [-0.05, 0) is 18.6 Å². The van der Waals surface area contributed by atoms with Crippen molar-refractivity contribution >= 4 is 17.7 Å². The van der Waals surface area contributed by atoms with E-state index in [4.69, 9.17) is 4.74 Å². The maximum absolute atomic E-state index is 12.9. The van der Waals surface area contributed by atoms with Crippen LogP contribution >= 0.6 is 11.8 Å². The average molecular weight is 341 g/mol. The summed E-state index contributed by atoms with van der Waals surface area (Å²) in [7, 11) is 1.65. The van der Waals surface area contributed by atoms with Crippen LogP contribution in [-0.2, 0) is 11.2 Å². The third-order valence-electron chi connectivity index (χ3n) is 4.45. The van der Waals surface area contributed by atoms with Gasteiger partial charge in [0.05, 0.1) is 19.6 Å². The molecule has 1 heterocycles. The minimum Gasteiger partial charge on any atom is -0.496 e. The van der Waals surface area contributed by atoms with Gasteiger partial charge in [-0.15, -0.1) is 0 Å². The lowest BCUT2D eigenvalue weighted by Crippen LogP contribution is -2.41. The van der Waals surface area contributed by atoms with Crippen LogP contribution in [0.1, 0.15) is 22.7 Å². The van der Waals surface area contributed by atoms with Crippen molar-refractivity contribution < 1.29 is 9.53 Å². The van der Waals surface area contributed by atoms with Crippen LogP contribution in [0.4, 0.5) is 0 Å². The fourth-order valence-corrected chi connectivity index (χ4v) is 4.17. The second-order valence-corrected chi connectivity index (χ2v) is 7.23.